The maximum Gasteiger partial charge on any atom is 0.136 e. The van der Waals surface area contributed by atoms with Crippen LogP contribution in [0.25, 0.3) is 0 Å². The molecule has 0 amide bonds. The average Bonchev–Trinajstić information content (AvgIpc) is 2.65. The second-order valence-electron chi connectivity index (χ2n) is 2.72. The summed E-state index contributed by atoms with van der Waals surface area (Å²) in [6.45, 7) is 0.795. The number of aromatic nitrogens is 1. The van der Waals surface area contributed by atoms with Crippen LogP contribution in [0, 0.1) is 11.3 Å². The first-order valence-electron chi connectivity index (χ1n) is 4.25. The highest BCUT2D eigenvalue weighted by Crippen LogP contribution is 2.07. The van der Waals surface area contributed by atoms with Crippen LogP contribution in [0.15, 0.2) is 18.3 Å². The minimum Gasteiger partial charge on any atom is -0.396 e. The fourth-order valence-electron chi connectivity index (χ4n) is 1.07. The number of aliphatic hydroxyl groups is 1. The third-order valence-corrected chi connectivity index (χ3v) is 1.75. The fourth-order valence-corrected chi connectivity index (χ4v) is 1.07. The number of hydrogen-bond acceptors (Lipinski definition) is 3. The number of hydrogen-bond donors (Lipinski definition) is 3. The van der Waals surface area contributed by atoms with E-state index in [1.165, 1.54) is 0 Å². The number of nitrogens with one attached hydrogen (secondary N) is 2. The van der Waals surface area contributed by atoms with Crippen molar-refractivity contribution in [3.05, 3.63) is 24.0 Å². The summed E-state index contributed by atoms with van der Waals surface area (Å²) >= 11 is 0. The molecule has 0 radical (unpaired) electrons. The monoisotopic (exact) mass is 179 g/mol. The van der Waals surface area contributed by atoms with Gasteiger partial charge in [-0.15, -0.1) is 0 Å². The van der Waals surface area contributed by atoms with E-state index in [4.69, 9.17) is 10.4 Å². The molecule has 0 saturated heterocycles. The summed E-state index contributed by atoms with van der Waals surface area (Å²) in [5, 5.41) is 20.4. The largest absolute Gasteiger partial charge is 0.396 e. The van der Waals surface area contributed by atoms with E-state index < -0.39 is 0 Å². The molecular weight excluding hydrogens is 166 g/mol. The van der Waals surface area contributed by atoms with Crippen LogP contribution in [-0.2, 0) is 0 Å². The van der Waals surface area contributed by atoms with E-state index in [2.05, 4.69) is 16.4 Å². The molecule has 3 N–H and O–H groups in total. The van der Waals surface area contributed by atoms with Crippen molar-refractivity contribution in [1.82, 2.24) is 10.3 Å². The lowest BCUT2D eigenvalue weighted by atomic mass is 10.2. The Morgan fingerprint density at radius 2 is 2.54 bits per heavy atom. The maximum atomic E-state index is 8.80. The lowest BCUT2D eigenvalue weighted by Crippen LogP contribution is -2.22. The Labute approximate surface area is 77.2 Å². The van der Waals surface area contributed by atoms with Crippen LogP contribution in [0.4, 0.5) is 0 Å². The predicted octanol–water partition coefficient (Wildman–Crippen LogP) is 0.551. The SMILES string of the molecule is N#CC(NCCCO)c1ccc[nH]1. The Balaban J connectivity index is 2.41. The van der Waals surface area contributed by atoms with Crippen LogP contribution in [0.1, 0.15) is 18.2 Å². The van der Waals surface area contributed by atoms with Crippen LogP contribution in [0.2, 0.25) is 0 Å². The standard InChI is InChI=1S/C9H13N3O/c10-7-9(12-5-2-6-13)8-3-1-4-11-8/h1,3-4,9,11-13H,2,5-6H2. The van der Waals surface area contributed by atoms with Crippen molar-refractivity contribution >= 4 is 0 Å². The predicted molar refractivity (Wildman–Crippen MR) is 48.9 cm³/mol. The Morgan fingerprint density at radius 1 is 1.69 bits per heavy atom. The molecule has 1 unspecified atom stereocenters. The molecule has 4 heteroatoms. The van der Waals surface area contributed by atoms with Crippen LogP contribution in [0.3, 0.4) is 0 Å². The zero-order chi connectivity index (χ0) is 9.52. The van der Waals surface area contributed by atoms with E-state index in [1.807, 2.05) is 12.1 Å². The van der Waals surface area contributed by atoms with Gasteiger partial charge in [-0.05, 0) is 25.1 Å². The summed E-state index contributed by atoms with van der Waals surface area (Å²) < 4.78 is 0. The van der Waals surface area contributed by atoms with E-state index in [1.54, 1.807) is 6.20 Å². The quantitative estimate of drug-likeness (QED) is 0.578. The van der Waals surface area contributed by atoms with E-state index in [9.17, 15) is 0 Å². The third-order valence-electron chi connectivity index (χ3n) is 1.75. The summed E-state index contributed by atoms with van der Waals surface area (Å²) in [7, 11) is 0. The minimum absolute atomic E-state index is 0.149. The van der Waals surface area contributed by atoms with Crippen LogP contribution >= 0.6 is 0 Å². The number of aliphatic hydroxyl groups excluding tert-OH is 1. The summed E-state index contributed by atoms with van der Waals surface area (Å²) in [6, 6.07) is 5.55. The van der Waals surface area contributed by atoms with Crippen molar-refractivity contribution < 1.29 is 5.11 Å². The smallest absolute Gasteiger partial charge is 0.136 e. The zero-order valence-electron chi connectivity index (χ0n) is 7.33. The second-order valence-corrected chi connectivity index (χ2v) is 2.72. The number of nitriles is 1. The Kier molecular flexibility index (Phi) is 4.03. The first-order valence-corrected chi connectivity index (χ1v) is 4.25. The molecule has 4 nitrogen and oxygen atoms in total. The van der Waals surface area contributed by atoms with Gasteiger partial charge >= 0.3 is 0 Å². The fraction of sp³-hybridized carbons (Fsp3) is 0.444. The van der Waals surface area contributed by atoms with Crippen LogP contribution in [0.5, 0.6) is 0 Å². The minimum atomic E-state index is -0.304. The maximum absolute atomic E-state index is 8.80. The molecule has 0 saturated carbocycles. The summed E-state index contributed by atoms with van der Waals surface area (Å²) in [6.07, 6.45) is 2.45. The number of nitrogens with zero attached hydrogens (tertiary/aromatic N) is 1. The topological polar surface area (TPSA) is 71.8 Å². The molecule has 1 aromatic rings. The van der Waals surface area contributed by atoms with Crippen molar-refractivity contribution in [2.24, 2.45) is 0 Å². The summed E-state index contributed by atoms with van der Waals surface area (Å²) in [5.41, 5.74) is 0.862. The van der Waals surface area contributed by atoms with E-state index in [0.717, 1.165) is 5.69 Å². The molecule has 1 heterocycles. The second kappa shape index (κ2) is 5.36. The molecule has 1 aromatic heterocycles. The first-order chi connectivity index (χ1) is 6.38. The van der Waals surface area contributed by atoms with Gasteiger partial charge in [0, 0.05) is 18.5 Å². The third kappa shape index (κ3) is 2.90. The van der Waals surface area contributed by atoms with Gasteiger partial charge in [0.05, 0.1) is 6.07 Å². The molecule has 0 aliphatic heterocycles. The van der Waals surface area contributed by atoms with Crippen LogP contribution < -0.4 is 5.32 Å². The number of H-pyrrole nitrogens is 1. The van der Waals surface area contributed by atoms with Gasteiger partial charge in [0.25, 0.3) is 0 Å². The van der Waals surface area contributed by atoms with E-state index in [0.29, 0.717) is 13.0 Å². The molecule has 70 valence electrons. The molecule has 13 heavy (non-hydrogen) atoms. The van der Waals surface area contributed by atoms with Gasteiger partial charge in [0.15, 0.2) is 0 Å². The van der Waals surface area contributed by atoms with Crippen molar-refractivity contribution in [2.75, 3.05) is 13.2 Å². The van der Waals surface area contributed by atoms with Crippen LogP contribution in [-0.4, -0.2) is 23.2 Å². The molecule has 0 aliphatic carbocycles. The number of aromatic amines is 1. The van der Waals surface area contributed by atoms with E-state index >= 15 is 0 Å². The van der Waals surface area contributed by atoms with Gasteiger partial charge in [-0.25, -0.2) is 0 Å². The normalized spacial score (nSPS) is 12.3. The van der Waals surface area contributed by atoms with Gasteiger partial charge in [-0.2, -0.15) is 5.26 Å². The van der Waals surface area contributed by atoms with Crippen molar-refractivity contribution in [2.45, 2.75) is 12.5 Å². The van der Waals surface area contributed by atoms with E-state index in [-0.39, 0.29) is 12.6 Å². The van der Waals surface area contributed by atoms with Gasteiger partial charge in [-0.1, -0.05) is 0 Å². The van der Waals surface area contributed by atoms with Gasteiger partial charge in [-0.3, -0.25) is 5.32 Å². The zero-order valence-corrected chi connectivity index (χ0v) is 7.33. The lowest BCUT2D eigenvalue weighted by Gasteiger charge is -2.08. The lowest BCUT2D eigenvalue weighted by molar-refractivity contribution is 0.285. The molecule has 0 aromatic carbocycles. The Hall–Kier alpha value is -1.31. The summed E-state index contributed by atoms with van der Waals surface area (Å²) in [4.78, 5) is 2.97. The first kappa shape index (κ1) is 9.78. The summed E-state index contributed by atoms with van der Waals surface area (Å²) in [5.74, 6) is 0. The molecule has 0 spiro atoms. The molecule has 1 atom stereocenters. The Morgan fingerprint density at radius 3 is 3.08 bits per heavy atom. The van der Waals surface area contributed by atoms with Crippen molar-refractivity contribution in [1.29, 1.82) is 5.26 Å². The molecule has 0 bridgehead atoms. The number of rotatable bonds is 5. The van der Waals surface area contributed by atoms with Gasteiger partial charge < -0.3 is 10.1 Å². The highest BCUT2D eigenvalue weighted by atomic mass is 16.3. The Bertz CT molecular complexity index is 263. The average molecular weight is 179 g/mol. The highest BCUT2D eigenvalue weighted by molar-refractivity contribution is 5.15. The molecule has 0 fully saturated rings. The van der Waals surface area contributed by atoms with Gasteiger partial charge in [0.1, 0.15) is 6.04 Å². The van der Waals surface area contributed by atoms with Crippen molar-refractivity contribution in [3.8, 4) is 6.07 Å². The highest BCUT2D eigenvalue weighted by Gasteiger charge is 2.08. The molecule has 1 rings (SSSR count). The molecule has 0 aliphatic rings. The van der Waals surface area contributed by atoms with Crippen molar-refractivity contribution in [3.63, 3.8) is 0 Å². The van der Waals surface area contributed by atoms with Gasteiger partial charge in [0.2, 0.25) is 0 Å². The molecular formula is C9H13N3O.